The van der Waals surface area contributed by atoms with E-state index in [1.807, 2.05) is 6.07 Å². The lowest BCUT2D eigenvalue weighted by Gasteiger charge is -2.15. The average Bonchev–Trinajstić information content (AvgIpc) is 2.84. The fraction of sp³-hybridized carbons (Fsp3) is 0.120. The first-order valence-corrected chi connectivity index (χ1v) is 10.7. The van der Waals surface area contributed by atoms with Crippen molar-refractivity contribution in [3.63, 3.8) is 0 Å². The highest BCUT2D eigenvalue weighted by Crippen LogP contribution is 2.35. The second-order valence-electron chi connectivity index (χ2n) is 7.59. The van der Waals surface area contributed by atoms with Gasteiger partial charge in [-0.2, -0.15) is 0 Å². The Morgan fingerprint density at radius 2 is 1.88 bits per heavy atom. The molecule has 0 amide bonds. The van der Waals surface area contributed by atoms with Crippen molar-refractivity contribution in [2.75, 3.05) is 6.61 Å². The Balaban J connectivity index is 1.86. The summed E-state index contributed by atoms with van der Waals surface area (Å²) in [5.41, 5.74) is 2.40. The van der Waals surface area contributed by atoms with Crippen LogP contribution in [0.25, 0.3) is 44.2 Å². The summed E-state index contributed by atoms with van der Waals surface area (Å²) < 4.78 is 16.3. The molecule has 0 aliphatic carbocycles. The van der Waals surface area contributed by atoms with Crippen molar-refractivity contribution < 1.29 is 9.50 Å². The van der Waals surface area contributed by atoms with E-state index in [4.69, 9.17) is 11.6 Å². The van der Waals surface area contributed by atoms with Gasteiger partial charge >= 0.3 is 0 Å². The molecule has 4 heterocycles. The molecule has 0 unspecified atom stereocenters. The van der Waals surface area contributed by atoms with Crippen molar-refractivity contribution in [1.82, 2.24) is 19.5 Å². The van der Waals surface area contributed by atoms with Crippen LogP contribution in [0.15, 0.2) is 72.0 Å². The highest BCUT2D eigenvalue weighted by Gasteiger charge is 2.17. The Morgan fingerprint density at radius 3 is 2.73 bits per heavy atom. The third-order valence-electron chi connectivity index (χ3n) is 5.52. The minimum Gasteiger partial charge on any atom is -0.396 e. The summed E-state index contributed by atoms with van der Waals surface area (Å²) >= 11 is 6.13. The van der Waals surface area contributed by atoms with E-state index < -0.39 is 5.82 Å². The van der Waals surface area contributed by atoms with Crippen LogP contribution in [0.4, 0.5) is 4.39 Å². The summed E-state index contributed by atoms with van der Waals surface area (Å²) in [5.74, 6) is -0.449. The summed E-state index contributed by atoms with van der Waals surface area (Å²) in [6, 6.07) is 11.6. The molecule has 0 spiro atoms. The molecule has 8 heteroatoms. The smallest absolute Gasteiger partial charge is 0.260 e. The Labute approximate surface area is 193 Å². The average molecular weight is 461 g/mol. The molecule has 33 heavy (non-hydrogen) atoms. The first kappa shape index (κ1) is 21.2. The summed E-state index contributed by atoms with van der Waals surface area (Å²) in [7, 11) is 0. The van der Waals surface area contributed by atoms with Crippen LogP contribution >= 0.6 is 11.6 Å². The normalized spacial score (nSPS) is 11.4. The molecule has 1 N–H and O–H groups in total. The van der Waals surface area contributed by atoms with Crippen LogP contribution in [0.5, 0.6) is 0 Å². The minimum absolute atomic E-state index is 0.0346. The molecule has 1 aromatic carbocycles. The highest BCUT2D eigenvalue weighted by atomic mass is 35.5. The lowest BCUT2D eigenvalue weighted by molar-refractivity contribution is 0.279. The molecule has 6 nitrogen and oxygen atoms in total. The van der Waals surface area contributed by atoms with Crippen molar-refractivity contribution >= 4 is 33.4 Å². The molecule has 4 aromatic heterocycles. The summed E-state index contributed by atoms with van der Waals surface area (Å²) in [6.07, 6.45) is 6.99. The van der Waals surface area contributed by atoms with Gasteiger partial charge in [0, 0.05) is 59.5 Å². The second-order valence-corrected chi connectivity index (χ2v) is 8.03. The van der Waals surface area contributed by atoms with E-state index >= 15 is 0 Å². The van der Waals surface area contributed by atoms with Crippen molar-refractivity contribution in [3.05, 3.63) is 88.4 Å². The highest BCUT2D eigenvalue weighted by molar-refractivity contribution is 6.30. The van der Waals surface area contributed by atoms with E-state index in [2.05, 4.69) is 15.0 Å². The molecule has 0 bridgehead atoms. The first-order chi connectivity index (χ1) is 16.1. The Kier molecular flexibility index (Phi) is 5.58. The zero-order valence-corrected chi connectivity index (χ0v) is 18.1. The number of benzene rings is 1. The maximum atomic E-state index is 14.7. The molecular formula is C25H18ClFN4O2. The number of aromatic nitrogens is 4. The lowest BCUT2D eigenvalue weighted by atomic mass is 9.97. The SMILES string of the molecule is O=c1c2cnccc2c(-c2cc(-c3cc(Cl)ccc3F)nc3ncccc23)cn1CCCO. The summed E-state index contributed by atoms with van der Waals surface area (Å²) in [4.78, 5) is 26.1. The van der Waals surface area contributed by atoms with Crippen LogP contribution < -0.4 is 5.56 Å². The van der Waals surface area contributed by atoms with Gasteiger partial charge in [-0.05, 0) is 59.8 Å². The topological polar surface area (TPSA) is 80.9 Å². The van der Waals surface area contributed by atoms with Gasteiger partial charge in [0.25, 0.3) is 5.56 Å². The minimum atomic E-state index is -0.449. The lowest BCUT2D eigenvalue weighted by Crippen LogP contribution is -2.21. The molecule has 0 saturated heterocycles. The third kappa shape index (κ3) is 3.86. The van der Waals surface area contributed by atoms with E-state index in [0.29, 0.717) is 40.1 Å². The van der Waals surface area contributed by atoms with Gasteiger partial charge in [-0.1, -0.05) is 11.6 Å². The van der Waals surface area contributed by atoms with Gasteiger partial charge < -0.3 is 9.67 Å². The number of hydrogen-bond acceptors (Lipinski definition) is 5. The van der Waals surface area contributed by atoms with Crippen molar-refractivity contribution in [1.29, 1.82) is 0 Å². The molecule has 0 fully saturated rings. The van der Waals surface area contributed by atoms with E-state index in [1.165, 1.54) is 24.4 Å². The number of rotatable bonds is 5. The molecule has 0 aliphatic heterocycles. The van der Waals surface area contributed by atoms with Crippen molar-refractivity contribution in [3.8, 4) is 22.4 Å². The van der Waals surface area contributed by atoms with Gasteiger partial charge in [-0.15, -0.1) is 0 Å². The van der Waals surface area contributed by atoms with Crippen LogP contribution in [0.2, 0.25) is 5.02 Å². The molecule has 0 radical (unpaired) electrons. The summed E-state index contributed by atoms with van der Waals surface area (Å²) in [6.45, 7) is 0.317. The van der Waals surface area contributed by atoms with Gasteiger partial charge in [0.05, 0.1) is 11.1 Å². The Hall–Kier alpha value is -3.68. The Morgan fingerprint density at radius 1 is 1.00 bits per heavy atom. The van der Waals surface area contributed by atoms with Crippen LogP contribution in [-0.4, -0.2) is 31.2 Å². The largest absolute Gasteiger partial charge is 0.396 e. The van der Waals surface area contributed by atoms with Gasteiger partial charge in [0.15, 0.2) is 5.65 Å². The van der Waals surface area contributed by atoms with Crippen molar-refractivity contribution in [2.24, 2.45) is 0 Å². The fourth-order valence-corrected chi connectivity index (χ4v) is 4.14. The number of fused-ring (bicyclic) bond motifs is 2. The van der Waals surface area contributed by atoms with E-state index in [-0.39, 0.29) is 17.7 Å². The van der Waals surface area contributed by atoms with Crippen molar-refractivity contribution in [2.45, 2.75) is 13.0 Å². The monoisotopic (exact) mass is 460 g/mol. The number of halogens is 2. The number of aliphatic hydroxyl groups excluding tert-OH is 1. The van der Waals surface area contributed by atoms with E-state index in [0.717, 1.165) is 16.5 Å². The van der Waals surface area contributed by atoms with Gasteiger partial charge in [-0.25, -0.2) is 14.4 Å². The number of aryl methyl sites for hydroxylation is 1. The van der Waals surface area contributed by atoms with Crippen LogP contribution in [0.3, 0.4) is 0 Å². The number of aliphatic hydroxyl groups is 1. The first-order valence-electron chi connectivity index (χ1n) is 10.4. The molecule has 0 aliphatic rings. The predicted molar refractivity (Wildman–Crippen MR) is 127 cm³/mol. The van der Waals surface area contributed by atoms with E-state index in [9.17, 15) is 14.3 Å². The maximum absolute atomic E-state index is 14.7. The number of hydrogen-bond donors (Lipinski definition) is 1. The quantitative estimate of drug-likeness (QED) is 0.405. The Bertz CT molecular complexity index is 1570. The predicted octanol–water partition coefficient (Wildman–Crippen LogP) is 4.85. The molecule has 0 atom stereocenters. The van der Waals surface area contributed by atoms with Gasteiger partial charge in [-0.3, -0.25) is 9.78 Å². The zero-order chi connectivity index (χ0) is 22.9. The maximum Gasteiger partial charge on any atom is 0.260 e. The summed E-state index contributed by atoms with van der Waals surface area (Å²) in [5, 5.41) is 11.6. The van der Waals surface area contributed by atoms with E-state index in [1.54, 1.807) is 41.4 Å². The molecule has 5 aromatic rings. The second kappa shape index (κ2) is 8.69. The number of nitrogens with zero attached hydrogens (tertiary/aromatic N) is 4. The van der Waals surface area contributed by atoms with Gasteiger partial charge in [0.2, 0.25) is 0 Å². The molecule has 5 rings (SSSR count). The van der Waals surface area contributed by atoms with Gasteiger partial charge in [0.1, 0.15) is 5.82 Å². The fourth-order valence-electron chi connectivity index (χ4n) is 3.97. The molecule has 164 valence electrons. The molecular weight excluding hydrogens is 443 g/mol. The number of pyridine rings is 4. The van der Waals surface area contributed by atoms with Crippen LogP contribution in [0, 0.1) is 5.82 Å². The van der Waals surface area contributed by atoms with Crippen LogP contribution in [-0.2, 0) is 6.54 Å². The van der Waals surface area contributed by atoms with Crippen LogP contribution in [0.1, 0.15) is 6.42 Å². The molecule has 0 saturated carbocycles. The third-order valence-corrected chi connectivity index (χ3v) is 5.76. The zero-order valence-electron chi connectivity index (χ0n) is 17.4. The standard InChI is InChI=1S/C25H18ClFN4O2/c26-15-4-5-22(27)19(11-15)23-12-18(17-3-1-7-29-24(17)30-23)21-14-31(9-2-10-32)25(33)20-13-28-8-6-16(20)21/h1,3-8,11-14,32H,2,9-10H2.